The maximum Gasteiger partial charge on any atom is 0.226 e. The Balaban J connectivity index is 4.00. The Morgan fingerprint density at radius 3 is 2.09 bits per heavy atom. The first-order valence-electron chi connectivity index (χ1n) is 3.53. The second-order valence-corrected chi connectivity index (χ2v) is 2.45. The van der Waals surface area contributed by atoms with E-state index in [1.807, 2.05) is 7.05 Å². The van der Waals surface area contributed by atoms with Crippen LogP contribution in [0.15, 0.2) is 0 Å². The lowest BCUT2D eigenvalue weighted by Gasteiger charge is -2.35. The molecule has 0 aliphatic heterocycles. The van der Waals surface area contributed by atoms with Gasteiger partial charge in [-0.1, -0.05) is 0 Å². The van der Waals surface area contributed by atoms with Crippen molar-refractivity contribution in [2.75, 3.05) is 34.4 Å². The van der Waals surface area contributed by atoms with Gasteiger partial charge in [-0.05, 0) is 7.05 Å². The number of nitrogens with zero attached hydrogens (tertiary/aromatic N) is 1. The van der Waals surface area contributed by atoms with Crippen LogP contribution in [0.25, 0.3) is 0 Å². The molecule has 4 nitrogen and oxygen atoms in total. The van der Waals surface area contributed by atoms with Gasteiger partial charge < -0.3 is 14.6 Å². The van der Waals surface area contributed by atoms with Crippen molar-refractivity contribution in [2.45, 2.75) is 12.8 Å². The van der Waals surface area contributed by atoms with Crippen LogP contribution in [0.1, 0.15) is 6.92 Å². The first-order chi connectivity index (χ1) is 5.10. The lowest BCUT2D eigenvalue weighted by Crippen LogP contribution is -2.48. The van der Waals surface area contributed by atoms with Gasteiger partial charge >= 0.3 is 0 Å². The van der Waals surface area contributed by atoms with Crippen LogP contribution in [-0.4, -0.2) is 50.3 Å². The molecule has 0 rings (SSSR count). The summed E-state index contributed by atoms with van der Waals surface area (Å²) in [4.78, 5) is 1.78. The number of aliphatic hydroxyl groups excluding tert-OH is 1. The smallest absolute Gasteiger partial charge is 0.226 e. The van der Waals surface area contributed by atoms with Crippen molar-refractivity contribution in [3.8, 4) is 0 Å². The molecule has 0 fully saturated rings. The summed E-state index contributed by atoms with van der Waals surface area (Å²) >= 11 is 0. The maximum atomic E-state index is 8.64. The molecule has 0 aliphatic carbocycles. The van der Waals surface area contributed by atoms with E-state index in [1.165, 1.54) is 0 Å². The van der Waals surface area contributed by atoms with E-state index in [0.717, 1.165) is 0 Å². The molecule has 0 radical (unpaired) electrons. The number of ether oxygens (including phenoxy) is 2. The minimum Gasteiger partial charge on any atom is -0.395 e. The normalized spacial score (nSPS) is 12.5. The van der Waals surface area contributed by atoms with E-state index >= 15 is 0 Å². The minimum atomic E-state index is -0.733. The van der Waals surface area contributed by atoms with Crippen molar-refractivity contribution in [1.29, 1.82) is 0 Å². The van der Waals surface area contributed by atoms with E-state index in [2.05, 4.69) is 0 Å². The van der Waals surface area contributed by atoms with Gasteiger partial charge in [0.15, 0.2) is 0 Å². The third-order valence-electron chi connectivity index (χ3n) is 1.89. The van der Waals surface area contributed by atoms with Crippen molar-refractivity contribution in [2.24, 2.45) is 0 Å². The molecule has 0 spiro atoms. The summed E-state index contributed by atoms with van der Waals surface area (Å²) in [5.74, 6) is -0.733. The molecule has 0 aromatic rings. The highest BCUT2D eigenvalue weighted by Gasteiger charge is 2.27. The predicted molar refractivity (Wildman–Crippen MR) is 42.1 cm³/mol. The number of hydrogen-bond acceptors (Lipinski definition) is 4. The van der Waals surface area contributed by atoms with Crippen LogP contribution in [0, 0.1) is 0 Å². The molecular weight excluding hydrogens is 146 g/mol. The zero-order valence-electron chi connectivity index (χ0n) is 7.63. The van der Waals surface area contributed by atoms with Crippen LogP contribution in [0.2, 0.25) is 0 Å². The molecule has 0 amide bonds. The summed E-state index contributed by atoms with van der Waals surface area (Å²) in [6.45, 7) is 2.42. The molecule has 0 saturated carbocycles. The van der Waals surface area contributed by atoms with Crippen LogP contribution >= 0.6 is 0 Å². The van der Waals surface area contributed by atoms with Crippen molar-refractivity contribution in [3.05, 3.63) is 0 Å². The van der Waals surface area contributed by atoms with E-state index < -0.39 is 5.91 Å². The standard InChI is InChI=1S/C7H17NO3/c1-7(10-3,11-4)8(2)5-6-9/h9H,5-6H2,1-4H3. The van der Waals surface area contributed by atoms with Gasteiger partial charge in [-0.3, -0.25) is 4.90 Å². The van der Waals surface area contributed by atoms with Gasteiger partial charge in [-0.2, -0.15) is 0 Å². The number of hydrogen-bond donors (Lipinski definition) is 1. The molecule has 11 heavy (non-hydrogen) atoms. The largest absolute Gasteiger partial charge is 0.395 e. The van der Waals surface area contributed by atoms with Crippen LogP contribution < -0.4 is 0 Å². The molecule has 0 aromatic carbocycles. The summed E-state index contributed by atoms with van der Waals surface area (Å²) in [5, 5.41) is 8.64. The van der Waals surface area contributed by atoms with Crippen molar-refractivity contribution >= 4 is 0 Å². The molecule has 68 valence electrons. The highest BCUT2D eigenvalue weighted by molar-refractivity contribution is 4.60. The van der Waals surface area contributed by atoms with Gasteiger partial charge in [0, 0.05) is 27.7 Å². The van der Waals surface area contributed by atoms with E-state index in [9.17, 15) is 0 Å². The lowest BCUT2D eigenvalue weighted by atomic mass is 10.4. The van der Waals surface area contributed by atoms with Gasteiger partial charge in [-0.25, -0.2) is 0 Å². The highest BCUT2D eigenvalue weighted by Crippen LogP contribution is 2.13. The fourth-order valence-electron chi connectivity index (χ4n) is 0.748. The first-order valence-corrected chi connectivity index (χ1v) is 3.53. The Hall–Kier alpha value is -0.160. The molecular formula is C7H17NO3. The summed E-state index contributed by atoms with van der Waals surface area (Å²) in [5.41, 5.74) is 0. The fourth-order valence-corrected chi connectivity index (χ4v) is 0.748. The third kappa shape index (κ3) is 2.75. The van der Waals surface area contributed by atoms with E-state index in [4.69, 9.17) is 14.6 Å². The van der Waals surface area contributed by atoms with Crippen LogP contribution in [-0.2, 0) is 9.47 Å². The molecule has 0 saturated heterocycles. The Morgan fingerprint density at radius 1 is 1.36 bits per heavy atom. The SMILES string of the molecule is COC(C)(OC)N(C)CCO. The summed E-state index contributed by atoms with van der Waals surface area (Å²) in [6, 6.07) is 0. The predicted octanol–water partition coefficient (Wildman–Crippen LogP) is -0.123. The molecule has 0 aliphatic rings. The summed E-state index contributed by atoms with van der Waals surface area (Å²) < 4.78 is 10.2. The molecule has 0 aromatic heterocycles. The molecule has 4 heteroatoms. The molecule has 0 atom stereocenters. The summed E-state index contributed by atoms with van der Waals surface area (Å²) in [6.07, 6.45) is 0. The zero-order valence-corrected chi connectivity index (χ0v) is 7.63. The second kappa shape index (κ2) is 4.66. The minimum absolute atomic E-state index is 0.0960. The Morgan fingerprint density at radius 2 is 1.82 bits per heavy atom. The molecule has 0 unspecified atom stereocenters. The number of methoxy groups -OCH3 is 2. The number of rotatable bonds is 5. The van der Waals surface area contributed by atoms with Gasteiger partial charge in [0.1, 0.15) is 0 Å². The fraction of sp³-hybridized carbons (Fsp3) is 1.00. The second-order valence-electron chi connectivity index (χ2n) is 2.45. The Kier molecular flexibility index (Phi) is 4.60. The van der Waals surface area contributed by atoms with Crippen molar-refractivity contribution in [3.63, 3.8) is 0 Å². The number of likely N-dealkylation sites (N-methyl/N-ethyl adjacent to an activating group) is 1. The van der Waals surface area contributed by atoms with Crippen LogP contribution in [0.3, 0.4) is 0 Å². The Bertz CT molecular complexity index is 104. The number of aliphatic hydroxyl groups is 1. The summed E-state index contributed by atoms with van der Waals surface area (Å²) in [7, 11) is 4.96. The van der Waals surface area contributed by atoms with Gasteiger partial charge in [0.05, 0.1) is 6.61 Å². The first kappa shape index (κ1) is 10.8. The average Bonchev–Trinajstić information content (AvgIpc) is 2.03. The third-order valence-corrected chi connectivity index (χ3v) is 1.89. The monoisotopic (exact) mass is 163 g/mol. The Labute approximate surface area is 67.7 Å². The van der Waals surface area contributed by atoms with Crippen LogP contribution in [0.4, 0.5) is 0 Å². The zero-order chi connectivity index (χ0) is 8.91. The average molecular weight is 163 g/mol. The van der Waals surface area contributed by atoms with E-state index in [1.54, 1.807) is 26.0 Å². The maximum absolute atomic E-state index is 8.64. The van der Waals surface area contributed by atoms with Crippen molar-refractivity contribution in [1.82, 2.24) is 4.90 Å². The van der Waals surface area contributed by atoms with Crippen LogP contribution in [0.5, 0.6) is 0 Å². The van der Waals surface area contributed by atoms with Gasteiger partial charge in [-0.15, -0.1) is 0 Å². The topological polar surface area (TPSA) is 41.9 Å². The van der Waals surface area contributed by atoms with E-state index in [-0.39, 0.29) is 6.61 Å². The molecule has 0 heterocycles. The van der Waals surface area contributed by atoms with E-state index in [0.29, 0.717) is 6.54 Å². The van der Waals surface area contributed by atoms with Gasteiger partial charge in [0.2, 0.25) is 5.91 Å². The molecule has 1 N–H and O–H groups in total. The quantitative estimate of drug-likeness (QED) is 0.574. The lowest BCUT2D eigenvalue weighted by molar-refractivity contribution is -0.277. The highest BCUT2D eigenvalue weighted by atomic mass is 16.7. The van der Waals surface area contributed by atoms with Gasteiger partial charge in [0.25, 0.3) is 0 Å². The van der Waals surface area contributed by atoms with Crippen molar-refractivity contribution < 1.29 is 14.6 Å². The molecule has 0 bridgehead atoms.